The first-order valence-electron chi connectivity index (χ1n) is 6.21. The van der Waals surface area contributed by atoms with Crippen LogP contribution in [0.15, 0.2) is 36.4 Å². The Hall–Kier alpha value is -1.62. The second kappa shape index (κ2) is 6.02. The van der Waals surface area contributed by atoms with Gasteiger partial charge in [0.25, 0.3) is 0 Å². The van der Waals surface area contributed by atoms with E-state index in [1.54, 1.807) is 23.5 Å². The molecule has 0 bridgehead atoms. The van der Waals surface area contributed by atoms with Gasteiger partial charge in [0.2, 0.25) is 0 Å². The van der Waals surface area contributed by atoms with Gasteiger partial charge >= 0.3 is 0 Å². The molecule has 3 nitrogen and oxygen atoms in total. The van der Waals surface area contributed by atoms with Crippen LogP contribution in [0.2, 0.25) is 10.0 Å². The molecule has 106 valence electrons. The third kappa shape index (κ3) is 3.02. The summed E-state index contributed by atoms with van der Waals surface area (Å²) in [4.78, 5) is 15.1. The van der Waals surface area contributed by atoms with Crippen molar-refractivity contribution < 1.29 is 4.79 Å². The molecule has 0 saturated carbocycles. The van der Waals surface area contributed by atoms with Gasteiger partial charge in [-0.05, 0) is 29.8 Å². The largest absolute Gasteiger partial charge is 0.330 e. The van der Waals surface area contributed by atoms with Gasteiger partial charge < -0.3 is 10.1 Å². The molecular weight excluding hydrogens is 327 g/mol. The molecule has 6 heteroatoms. The van der Waals surface area contributed by atoms with Crippen LogP contribution < -0.4 is 5.32 Å². The number of rotatable bonds is 4. The lowest BCUT2D eigenvalue weighted by Crippen LogP contribution is -1.94. The van der Waals surface area contributed by atoms with Gasteiger partial charge in [0.05, 0.1) is 20.9 Å². The first-order chi connectivity index (χ1) is 10.2. The summed E-state index contributed by atoms with van der Waals surface area (Å²) in [5.74, 6) is 0. The molecule has 2 aromatic carbocycles. The van der Waals surface area contributed by atoms with Crippen LogP contribution in [0, 0.1) is 0 Å². The summed E-state index contributed by atoms with van der Waals surface area (Å²) in [5, 5.41) is 4.94. The first-order valence-corrected chi connectivity index (χ1v) is 7.79. The number of anilines is 2. The normalized spacial score (nSPS) is 10.8. The van der Waals surface area contributed by atoms with Gasteiger partial charge in [0.15, 0.2) is 5.13 Å². The molecule has 0 aliphatic rings. The van der Waals surface area contributed by atoms with E-state index in [1.807, 2.05) is 24.3 Å². The monoisotopic (exact) mass is 336 g/mol. The Morgan fingerprint density at radius 1 is 1.19 bits per heavy atom. The van der Waals surface area contributed by atoms with E-state index in [9.17, 15) is 4.79 Å². The summed E-state index contributed by atoms with van der Waals surface area (Å²) in [5.41, 5.74) is 2.33. The average Bonchev–Trinajstić information content (AvgIpc) is 2.87. The summed E-state index contributed by atoms with van der Waals surface area (Å²) in [6.45, 7) is 0. The molecule has 0 unspecified atom stereocenters. The predicted molar refractivity (Wildman–Crippen MR) is 89.1 cm³/mol. The maximum atomic E-state index is 10.6. The maximum absolute atomic E-state index is 10.6. The number of fused-ring (bicyclic) bond motifs is 1. The lowest BCUT2D eigenvalue weighted by atomic mass is 10.1. The van der Waals surface area contributed by atoms with E-state index in [-0.39, 0.29) is 6.42 Å². The number of thiazole rings is 1. The SMILES string of the molecule is O=CCc1cc(Cl)c(Nc2nc3ccccc3s2)cc1Cl. The van der Waals surface area contributed by atoms with E-state index in [2.05, 4.69) is 10.3 Å². The molecule has 21 heavy (non-hydrogen) atoms. The molecule has 3 aromatic rings. The van der Waals surface area contributed by atoms with Crippen molar-refractivity contribution in [3.8, 4) is 0 Å². The van der Waals surface area contributed by atoms with Gasteiger partial charge in [-0.1, -0.05) is 46.7 Å². The summed E-state index contributed by atoms with van der Waals surface area (Å²) in [6.07, 6.45) is 1.05. The van der Waals surface area contributed by atoms with Crippen LogP contribution in [0.25, 0.3) is 10.2 Å². The van der Waals surface area contributed by atoms with Crippen molar-refractivity contribution in [2.75, 3.05) is 5.32 Å². The van der Waals surface area contributed by atoms with Gasteiger partial charge in [-0.2, -0.15) is 0 Å². The summed E-state index contributed by atoms with van der Waals surface area (Å²) < 4.78 is 1.10. The minimum atomic E-state index is 0.250. The van der Waals surface area contributed by atoms with Crippen molar-refractivity contribution in [2.24, 2.45) is 0 Å². The number of nitrogens with one attached hydrogen (secondary N) is 1. The van der Waals surface area contributed by atoms with Gasteiger partial charge in [-0.15, -0.1) is 0 Å². The van der Waals surface area contributed by atoms with Crippen LogP contribution in [0.3, 0.4) is 0 Å². The molecule has 3 rings (SSSR count). The number of para-hydroxylation sites is 1. The van der Waals surface area contributed by atoms with Crippen LogP contribution in [-0.4, -0.2) is 11.3 Å². The van der Waals surface area contributed by atoms with Crippen LogP contribution in [-0.2, 0) is 11.2 Å². The van der Waals surface area contributed by atoms with Gasteiger partial charge in [0.1, 0.15) is 6.29 Å². The Kier molecular flexibility index (Phi) is 4.10. The van der Waals surface area contributed by atoms with Crippen LogP contribution in [0.5, 0.6) is 0 Å². The van der Waals surface area contributed by atoms with Crippen molar-refractivity contribution in [3.63, 3.8) is 0 Å². The van der Waals surface area contributed by atoms with E-state index in [0.717, 1.165) is 21.6 Å². The van der Waals surface area contributed by atoms with E-state index in [1.165, 1.54) is 0 Å². The van der Waals surface area contributed by atoms with Gasteiger partial charge in [-0.3, -0.25) is 0 Å². The average molecular weight is 337 g/mol. The Balaban J connectivity index is 1.93. The smallest absolute Gasteiger partial charge is 0.188 e. The van der Waals surface area contributed by atoms with Gasteiger partial charge in [-0.25, -0.2) is 4.98 Å². The lowest BCUT2D eigenvalue weighted by Gasteiger charge is -2.08. The number of aldehydes is 1. The number of aromatic nitrogens is 1. The molecular formula is C15H10Cl2N2OS. The molecule has 0 atom stereocenters. The molecule has 0 spiro atoms. The van der Waals surface area contributed by atoms with Crippen molar-refractivity contribution in [3.05, 3.63) is 52.0 Å². The molecule has 1 aromatic heterocycles. The fourth-order valence-electron chi connectivity index (χ4n) is 1.97. The van der Waals surface area contributed by atoms with Gasteiger partial charge in [0, 0.05) is 11.4 Å². The van der Waals surface area contributed by atoms with Crippen LogP contribution in [0.1, 0.15) is 5.56 Å². The topological polar surface area (TPSA) is 42.0 Å². The van der Waals surface area contributed by atoms with E-state index in [0.29, 0.717) is 21.3 Å². The van der Waals surface area contributed by atoms with Crippen LogP contribution in [0.4, 0.5) is 10.8 Å². The number of hydrogen-bond acceptors (Lipinski definition) is 4. The molecule has 0 saturated heterocycles. The molecule has 0 fully saturated rings. The highest BCUT2D eigenvalue weighted by atomic mass is 35.5. The summed E-state index contributed by atoms with van der Waals surface area (Å²) in [7, 11) is 0. The number of nitrogens with zero attached hydrogens (tertiary/aromatic N) is 1. The second-order valence-electron chi connectivity index (χ2n) is 4.41. The number of hydrogen-bond donors (Lipinski definition) is 1. The zero-order valence-corrected chi connectivity index (χ0v) is 13.1. The third-order valence-corrected chi connectivity index (χ3v) is 4.59. The minimum absolute atomic E-state index is 0.250. The molecule has 1 N–H and O–H groups in total. The van der Waals surface area contributed by atoms with Crippen molar-refractivity contribution in [2.45, 2.75) is 6.42 Å². The number of carbonyl (C=O) groups is 1. The number of benzene rings is 2. The lowest BCUT2D eigenvalue weighted by molar-refractivity contribution is -0.107. The highest BCUT2D eigenvalue weighted by Gasteiger charge is 2.10. The first kappa shape index (κ1) is 14.3. The molecule has 0 aliphatic carbocycles. The standard InChI is InChI=1S/C15H10Cl2N2OS/c16-10-8-13(11(17)7-9(10)5-6-20)19-15-18-12-3-1-2-4-14(12)21-15/h1-4,6-8H,5H2,(H,18,19). The van der Waals surface area contributed by atoms with Crippen molar-refractivity contribution in [1.29, 1.82) is 0 Å². The van der Waals surface area contributed by atoms with E-state index in [4.69, 9.17) is 23.2 Å². The fraction of sp³-hybridized carbons (Fsp3) is 0.0667. The zero-order valence-electron chi connectivity index (χ0n) is 10.8. The van der Waals surface area contributed by atoms with Crippen LogP contribution >= 0.6 is 34.5 Å². The quantitative estimate of drug-likeness (QED) is 0.675. The zero-order chi connectivity index (χ0) is 14.8. The summed E-state index contributed by atoms with van der Waals surface area (Å²) >= 11 is 13.9. The van der Waals surface area contributed by atoms with Crippen molar-refractivity contribution >= 4 is 61.9 Å². The Bertz CT molecular complexity index is 784. The highest BCUT2D eigenvalue weighted by molar-refractivity contribution is 7.22. The molecule has 1 heterocycles. The predicted octanol–water partition coefficient (Wildman–Crippen LogP) is 5.09. The molecule has 0 amide bonds. The Morgan fingerprint density at radius 2 is 2.00 bits per heavy atom. The van der Waals surface area contributed by atoms with E-state index < -0.39 is 0 Å². The maximum Gasteiger partial charge on any atom is 0.188 e. The number of halogens is 2. The highest BCUT2D eigenvalue weighted by Crippen LogP contribution is 2.34. The second-order valence-corrected chi connectivity index (χ2v) is 6.25. The third-order valence-electron chi connectivity index (χ3n) is 2.97. The molecule has 0 aliphatic heterocycles. The van der Waals surface area contributed by atoms with Crippen molar-refractivity contribution in [1.82, 2.24) is 4.98 Å². The Morgan fingerprint density at radius 3 is 2.76 bits per heavy atom. The van der Waals surface area contributed by atoms with E-state index >= 15 is 0 Å². The molecule has 0 radical (unpaired) electrons. The Labute approximate surface area is 135 Å². The minimum Gasteiger partial charge on any atom is -0.330 e. The summed E-state index contributed by atoms with van der Waals surface area (Å²) in [6, 6.07) is 11.3. The fourth-order valence-corrected chi connectivity index (χ4v) is 3.32. The number of carbonyl (C=O) groups excluding carboxylic acids is 1.